The third-order valence-corrected chi connectivity index (χ3v) is 4.40. The molecule has 0 aromatic heterocycles. The predicted octanol–water partition coefficient (Wildman–Crippen LogP) is 3.99. The summed E-state index contributed by atoms with van der Waals surface area (Å²) in [4.78, 5) is 12.3. The van der Waals surface area contributed by atoms with Crippen LogP contribution in [0.1, 0.15) is 42.9 Å². The number of phenols is 1. The number of rotatable bonds is 1. The number of aromatic hydroxyl groups is 1. The number of nitrogens with one attached hydrogen (secondary N) is 1. The van der Waals surface area contributed by atoms with E-state index < -0.39 is 0 Å². The number of ketones is 1. The molecule has 4 heteroatoms. The van der Waals surface area contributed by atoms with Gasteiger partial charge >= 0.3 is 0 Å². The second-order valence-corrected chi connectivity index (χ2v) is 6.46. The van der Waals surface area contributed by atoms with Gasteiger partial charge in [-0.3, -0.25) is 4.79 Å². The van der Waals surface area contributed by atoms with Crippen molar-refractivity contribution in [2.24, 2.45) is 0 Å². The first-order valence-corrected chi connectivity index (χ1v) is 8.63. The first-order chi connectivity index (χ1) is 11.9. The summed E-state index contributed by atoms with van der Waals surface area (Å²) in [5, 5.41) is 13.0. The van der Waals surface area contributed by atoms with Gasteiger partial charge in [-0.25, -0.2) is 0 Å². The highest BCUT2D eigenvalue weighted by atomic mass is 16.5. The van der Waals surface area contributed by atoms with E-state index in [1.807, 2.05) is 33.0 Å². The van der Waals surface area contributed by atoms with Gasteiger partial charge in [-0.15, -0.1) is 0 Å². The maximum Gasteiger partial charge on any atom is 0.172 e. The van der Waals surface area contributed by atoms with Gasteiger partial charge in [0.15, 0.2) is 5.78 Å². The van der Waals surface area contributed by atoms with Gasteiger partial charge in [0, 0.05) is 12.0 Å². The van der Waals surface area contributed by atoms with Gasteiger partial charge in [0.25, 0.3) is 0 Å². The molecule has 0 saturated carbocycles. The molecule has 1 unspecified atom stereocenters. The lowest BCUT2D eigenvalue weighted by Crippen LogP contribution is -2.32. The van der Waals surface area contributed by atoms with Crippen LogP contribution in [0.15, 0.2) is 36.4 Å². The molecule has 0 amide bonds. The fraction of sp³-hybridized carbons (Fsp3) is 0.381. The Hall–Kier alpha value is -2.33. The Balaban J connectivity index is 2.36. The van der Waals surface area contributed by atoms with E-state index in [-0.39, 0.29) is 17.6 Å². The van der Waals surface area contributed by atoms with Gasteiger partial charge in [-0.1, -0.05) is 24.3 Å². The van der Waals surface area contributed by atoms with Crippen molar-refractivity contribution in [3.05, 3.63) is 53.1 Å². The summed E-state index contributed by atoms with van der Waals surface area (Å²) in [5.74, 6) is 0.900. The Morgan fingerprint density at radius 1 is 1.32 bits per heavy atom. The lowest BCUT2D eigenvalue weighted by atomic mass is 9.98. The number of phenolic OH excluding ortho intramolecular Hbond substituents is 1. The second kappa shape index (κ2) is 8.67. The van der Waals surface area contributed by atoms with Gasteiger partial charge in [-0.2, -0.15) is 0 Å². The molecule has 0 bridgehead atoms. The molecule has 1 aliphatic rings. The quantitative estimate of drug-likeness (QED) is 0.811. The van der Waals surface area contributed by atoms with Crippen molar-refractivity contribution in [1.82, 2.24) is 5.32 Å². The first kappa shape index (κ1) is 19.0. The van der Waals surface area contributed by atoms with Crippen molar-refractivity contribution < 1.29 is 14.6 Å². The largest absolute Gasteiger partial charge is 0.508 e. The van der Waals surface area contributed by atoms with Crippen LogP contribution < -0.4 is 5.32 Å². The van der Waals surface area contributed by atoms with Gasteiger partial charge in [0.05, 0.1) is 12.6 Å². The first-order valence-electron chi connectivity index (χ1n) is 8.63. The van der Waals surface area contributed by atoms with E-state index in [9.17, 15) is 9.90 Å². The number of fused-ring (bicyclic) bond motifs is 1. The van der Waals surface area contributed by atoms with E-state index in [0.717, 1.165) is 35.1 Å². The van der Waals surface area contributed by atoms with Gasteiger partial charge in [-0.05, 0) is 63.1 Å². The highest BCUT2D eigenvalue weighted by molar-refractivity contribution is 5.94. The van der Waals surface area contributed by atoms with E-state index >= 15 is 0 Å². The molecule has 1 aromatic rings. The van der Waals surface area contributed by atoms with Crippen molar-refractivity contribution in [1.29, 1.82) is 0 Å². The molecule has 134 valence electrons. The zero-order chi connectivity index (χ0) is 18.4. The molecule has 1 aromatic carbocycles. The molecule has 25 heavy (non-hydrogen) atoms. The van der Waals surface area contributed by atoms with Crippen LogP contribution in [0.2, 0.25) is 0 Å². The molecule has 0 aliphatic carbocycles. The van der Waals surface area contributed by atoms with Crippen molar-refractivity contribution in [2.75, 3.05) is 13.7 Å². The fourth-order valence-electron chi connectivity index (χ4n) is 3.03. The smallest absolute Gasteiger partial charge is 0.172 e. The summed E-state index contributed by atoms with van der Waals surface area (Å²) in [7, 11) is 1.81. The van der Waals surface area contributed by atoms with E-state index in [2.05, 4.69) is 11.9 Å². The highest BCUT2D eigenvalue weighted by Crippen LogP contribution is 2.29. The number of allylic oxidation sites excluding steroid dienone is 1. The third kappa shape index (κ3) is 5.07. The Kier molecular flexibility index (Phi) is 6.59. The number of carbonyl (C=O) groups is 1. The minimum absolute atomic E-state index is 0.0955. The molecule has 0 saturated heterocycles. The van der Waals surface area contributed by atoms with Crippen LogP contribution in [0.4, 0.5) is 0 Å². The normalized spacial score (nSPS) is 23.0. The molecular formula is C21H27NO3. The molecule has 4 nitrogen and oxygen atoms in total. The van der Waals surface area contributed by atoms with Crippen LogP contribution in [0, 0.1) is 6.92 Å². The molecular weight excluding hydrogens is 314 g/mol. The molecule has 2 N–H and O–H groups in total. The van der Waals surface area contributed by atoms with Gasteiger partial charge in [0.1, 0.15) is 11.5 Å². The monoisotopic (exact) mass is 341 g/mol. The molecule has 0 fully saturated rings. The van der Waals surface area contributed by atoms with Crippen LogP contribution in [-0.4, -0.2) is 30.6 Å². The van der Waals surface area contributed by atoms with Gasteiger partial charge in [0.2, 0.25) is 0 Å². The van der Waals surface area contributed by atoms with E-state index in [1.54, 1.807) is 18.2 Å². The van der Waals surface area contributed by atoms with Crippen molar-refractivity contribution >= 4 is 17.6 Å². The van der Waals surface area contributed by atoms with Crippen LogP contribution in [0.25, 0.3) is 11.8 Å². The Bertz CT molecular complexity index is 716. The number of hydrogen-bond donors (Lipinski definition) is 2. The summed E-state index contributed by atoms with van der Waals surface area (Å²) >= 11 is 0. The standard InChI is InChI=1S/C21H27NO3/c1-14-9-10-25-16(3)21-15(2)12-18(23)13-17(21)7-5-6-8-19(22-4)20(24)11-14/h5,7,11-13,19,22-23H,3,6,8-10H2,1-2,4H3/b7-5+,14-11-. The summed E-state index contributed by atoms with van der Waals surface area (Å²) < 4.78 is 5.82. The average molecular weight is 341 g/mol. The van der Waals surface area contributed by atoms with E-state index in [0.29, 0.717) is 18.8 Å². The Labute approximate surface area is 149 Å². The molecule has 0 radical (unpaired) electrons. The second-order valence-electron chi connectivity index (χ2n) is 6.46. The summed E-state index contributed by atoms with van der Waals surface area (Å²) in [5.41, 5.74) is 3.70. The minimum Gasteiger partial charge on any atom is -0.508 e. The summed E-state index contributed by atoms with van der Waals surface area (Å²) in [6.45, 7) is 8.39. The molecule has 1 atom stereocenters. The topological polar surface area (TPSA) is 58.6 Å². The number of likely N-dealkylation sites (N-methyl/N-ethyl adjacent to an activating group) is 1. The minimum atomic E-state index is -0.191. The lowest BCUT2D eigenvalue weighted by Gasteiger charge is -2.16. The summed E-state index contributed by atoms with van der Waals surface area (Å²) in [6, 6.07) is 3.24. The molecule has 0 spiro atoms. The van der Waals surface area contributed by atoms with Crippen molar-refractivity contribution in [2.45, 2.75) is 39.2 Å². The molecule has 2 rings (SSSR count). The van der Waals surface area contributed by atoms with Crippen molar-refractivity contribution in [3.8, 4) is 5.75 Å². The number of aryl methyl sites for hydroxylation is 1. The Morgan fingerprint density at radius 2 is 2.08 bits per heavy atom. The molecule has 1 heterocycles. The number of carbonyl (C=O) groups excluding carboxylic acids is 1. The SMILES string of the molecule is C=C1OCC/C(C)=C\C(=O)C(NC)CC/C=C/c2cc(O)cc(C)c21. The third-order valence-electron chi connectivity index (χ3n) is 4.40. The van der Waals surface area contributed by atoms with Crippen LogP contribution in [0.5, 0.6) is 5.75 Å². The summed E-state index contributed by atoms with van der Waals surface area (Å²) in [6.07, 6.45) is 7.83. The van der Waals surface area contributed by atoms with Crippen LogP contribution >= 0.6 is 0 Å². The maximum absolute atomic E-state index is 12.3. The van der Waals surface area contributed by atoms with Crippen LogP contribution in [0.3, 0.4) is 0 Å². The van der Waals surface area contributed by atoms with Crippen molar-refractivity contribution in [3.63, 3.8) is 0 Å². The predicted molar refractivity (Wildman–Crippen MR) is 102 cm³/mol. The van der Waals surface area contributed by atoms with E-state index in [1.165, 1.54) is 0 Å². The van der Waals surface area contributed by atoms with Gasteiger partial charge < -0.3 is 15.2 Å². The number of ether oxygens (including phenoxy) is 1. The Morgan fingerprint density at radius 3 is 2.80 bits per heavy atom. The fourth-order valence-corrected chi connectivity index (χ4v) is 3.03. The average Bonchev–Trinajstić information content (AvgIpc) is 2.53. The highest BCUT2D eigenvalue weighted by Gasteiger charge is 2.15. The zero-order valence-corrected chi connectivity index (χ0v) is 15.3. The lowest BCUT2D eigenvalue weighted by molar-refractivity contribution is -0.116. The zero-order valence-electron chi connectivity index (χ0n) is 15.3. The van der Waals surface area contributed by atoms with E-state index in [4.69, 9.17) is 4.74 Å². The molecule has 1 aliphatic heterocycles. The van der Waals surface area contributed by atoms with Crippen LogP contribution in [-0.2, 0) is 9.53 Å². The number of benzene rings is 1. The maximum atomic E-state index is 12.3. The number of hydrogen-bond acceptors (Lipinski definition) is 4.